The highest BCUT2D eigenvalue weighted by Gasteiger charge is 2.23. The van der Waals surface area contributed by atoms with Crippen LogP contribution in [0.15, 0.2) is 53.4 Å². The van der Waals surface area contributed by atoms with Crippen LogP contribution in [0.2, 0.25) is 0 Å². The molecule has 3 rings (SSSR count). The van der Waals surface area contributed by atoms with Gasteiger partial charge >= 0.3 is 0 Å². The SMILES string of the molecule is Cc1ccccc1NS(=O)(=O)c1ccc(C(=O)NC2CNCCC2C)cc1. The van der Waals surface area contributed by atoms with Gasteiger partial charge in [0, 0.05) is 18.2 Å². The van der Waals surface area contributed by atoms with Gasteiger partial charge in [0.2, 0.25) is 0 Å². The monoisotopic (exact) mass is 387 g/mol. The van der Waals surface area contributed by atoms with Crippen molar-refractivity contribution in [3.8, 4) is 0 Å². The Morgan fingerprint density at radius 2 is 1.81 bits per heavy atom. The normalized spacial score (nSPS) is 20.1. The molecule has 27 heavy (non-hydrogen) atoms. The maximum Gasteiger partial charge on any atom is 0.261 e. The molecule has 6 nitrogen and oxygen atoms in total. The van der Waals surface area contributed by atoms with Gasteiger partial charge < -0.3 is 10.6 Å². The number of amides is 1. The third kappa shape index (κ3) is 4.67. The van der Waals surface area contributed by atoms with Crippen LogP contribution in [0.4, 0.5) is 5.69 Å². The molecule has 0 radical (unpaired) electrons. The van der Waals surface area contributed by atoms with Gasteiger partial charge in [-0.05, 0) is 61.7 Å². The Hall–Kier alpha value is -2.38. The molecule has 0 bridgehead atoms. The zero-order valence-electron chi connectivity index (χ0n) is 15.5. The van der Waals surface area contributed by atoms with E-state index in [2.05, 4.69) is 22.3 Å². The van der Waals surface area contributed by atoms with Crippen molar-refractivity contribution in [2.45, 2.75) is 31.2 Å². The second-order valence-electron chi connectivity index (χ2n) is 6.99. The van der Waals surface area contributed by atoms with E-state index in [9.17, 15) is 13.2 Å². The molecule has 2 aromatic rings. The van der Waals surface area contributed by atoms with Gasteiger partial charge in [-0.25, -0.2) is 8.42 Å². The molecule has 0 saturated carbocycles. The van der Waals surface area contributed by atoms with E-state index in [1.165, 1.54) is 12.1 Å². The number of hydrogen-bond donors (Lipinski definition) is 3. The summed E-state index contributed by atoms with van der Waals surface area (Å²) in [6.07, 6.45) is 1.02. The molecule has 1 amide bonds. The lowest BCUT2D eigenvalue weighted by molar-refractivity contribution is 0.0915. The highest BCUT2D eigenvalue weighted by molar-refractivity contribution is 7.92. The van der Waals surface area contributed by atoms with E-state index >= 15 is 0 Å². The Morgan fingerprint density at radius 1 is 1.11 bits per heavy atom. The fourth-order valence-electron chi connectivity index (χ4n) is 3.11. The summed E-state index contributed by atoms with van der Waals surface area (Å²) in [5.41, 5.74) is 1.83. The molecule has 1 heterocycles. The largest absolute Gasteiger partial charge is 0.348 e. The molecule has 3 N–H and O–H groups in total. The van der Waals surface area contributed by atoms with Crippen LogP contribution in [-0.4, -0.2) is 33.5 Å². The lowest BCUT2D eigenvalue weighted by Crippen LogP contribution is -2.50. The average Bonchev–Trinajstić information content (AvgIpc) is 2.65. The highest BCUT2D eigenvalue weighted by atomic mass is 32.2. The van der Waals surface area contributed by atoms with Crippen molar-refractivity contribution in [2.75, 3.05) is 17.8 Å². The van der Waals surface area contributed by atoms with Gasteiger partial charge in [0.15, 0.2) is 0 Å². The number of aryl methyl sites for hydroxylation is 1. The van der Waals surface area contributed by atoms with E-state index in [1.54, 1.807) is 24.3 Å². The van der Waals surface area contributed by atoms with Crippen molar-refractivity contribution in [2.24, 2.45) is 5.92 Å². The molecule has 7 heteroatoms. The maximum absolute atomic E-state index is 12.6. The number of benzene rings is 2. The number of carbonyl (C=O) groups is 1. The van der Waals surface area contributed by atoms with Gasteiger partial charge in [-0.15, -0.1) is 0 Å². The molecular weight excluding hydrogens is 362 g/mol. The molecule has 2 aromatic carbocycles. The summed E-state index contributed by atoms with van der Waals surface area (Å²) in [7, 11) is -3.71. The van der Waals surface area contributed by atoms with Crippen molar-refractivity contribution in [3.63, 3.8) is 0 Å². The molecule has 1 fully saturated rings. The smallest absolute Gasteiger partial charge is 0.261 e. The zero-order valence-corrected chi connectivity index (χ0v) is 16.3. The summed E-state index contributed by atoms with van der Waals surface area (Å²) >= 11 is 0. The van der Waals surface area contributed by atoms with Gasteiger partial charge in [-0.1, -0.05) is 25.1 Å². The van der Waals surface area contributed by atoms with Crippen LogP contribution in [0.1, 0.15) is 29.3 Å². The predicted octanol–water partition coefficient (Wildman–Crippen LogP) is 2.52. The van der Waals surface area contributed by atoms with E-state index in [1.807, 2.05) is 19.1 Å². The first-order chi connectivity index (χ1) is 12.9. The van der Waals surface area contributed by atoms with Gasteiger partial charge in [0.05, 0.1) is 10.6 Å². The van der Waals surface area contributed by atoms with Crippen molar-refractivity contribution in [1.29, 1.82) is 0 Å². The minimum atomic E-state index is -3.71. The first kappa shape index (κ1) is 19.4. The van der Waals surface area contributed by atoms with Gasteiger partial charge in [-0.2, -0.15) is 0 Å². The number of piperidine rings is 1. The summed E-state index contributed by atoms with van der Waals surface area (Å²) in [6.45, 7) is 5.68. The van der Waals surface area contributed by atoms with Crippen LogP contribution in [0, 0.1) is 12.8 Å². The van der Waals surface area contributed by atoms with Crippen LogP contribution < -0.4 is 15.4 Å². The lowest BCUT2D eigenvalue weighted by atomic mass is 9.94. The van der Waals surface area contributed by atoms with Gasteiger partial charge in [-0.3, -0.25) is 9.52 Å². The number of rotatable bonds is 5. The van der Waals surface area contributed by atoms with Crippen LogP contribution in [0.3, 0.4) is 0 Å². The third-order valence-electron chi connectivity index (χ3n) is 4.96. The number of anilines is 1. The number of para-hydroxylation sites is 1. The fraction of sp³-hybridized carbons (Fsp3) is 0.350. The van der Waals surface area contributed by atoms with E-state index in [0.29, 0.717) is 17.2 Å². The molecular formula is C20H25N3O3S. The van der Waals surface area contributed by atoms with Gasteiger partial charge in [0.1, 0.15) is 0 Å². The minimum absolute atomic E-state index is 0.0809. The molecule has 2 atom stereocenters. The predicted molar refractivity (Wildman–Crippen MR) is 106 cm³/mol. The van der Waals surface area contributed by atoms with Crippen LogP contribution in [-0.2, 0) is 10.0 Å². The lowest BCUT2D eigenvalue weighted by Gasteiger charge is -2.30. The molecule has 0 aromatic heterocycles. The van der Waals surface area contributed by atoms with E-state index < -0.39 is 10.0 Å². The Bertz CT molecular complexity index is 910. The van der Waals surface area contributed by atoms with Crippen LogP contribution >= 0.6 is 0 Å². The van der Waals surface area contributed by atoms with Crippen LogP contribution in [0.5, 0.6) is 0 Å². The second kappa shape index (κ2) is 8.10. The van der Waals surface area contributed by atoms with E-state index in [0.717, 1.165) is 25.1 Å². The first-order valence-electron chi connectivity index (χ1n) is 9.07. The van der Waals surface area contributed by atoms with Crippen molar-refractivity contribution in [3.05, 3.63) is 59.7 Å². The molecule has 1 aliphatic heterocycles. The molecule has 1 saturated heterocycles. The first-order valence-corrected chi connectivity index (χ1v) is 10.6. The molecule has 2 unspecified atom stereocenters. The molecule has 0 spiro atoms. The van der Waals surface area contributed by atoms with Crippen LogP contribution in [0.25, 0.3) is 0 Å². The number of sulfonamides is 1. The third-order valence-corrected chi connectivity index (χ3v) is 6.34. The van der Waals surface area contributed by atoms with Crippen molar-refractivity contribution in [1.82, 2.24) is 10.6 Å². The minimum Gasteiger partial charge on any atom is -0.348 e. The highest BCUT2D eigenvalue weighted by Crippen LogP contribution is 2.20. The summed E-state index contributed by atoms with van der Waals surface area (Å²) in [5.74, 6) is 0.222. The quantitative estimate of drug-likeness (QED) is 0.736. The summed E-state index contributed by atoms with van der Waals surface area (Å²) in [4.78, 5) is 12.6. The summed E-state index contributed by atoms with van der Waals surface area (Å²) in [5, 5.41) is 6.30. The maximum atomic E-state index is 12.6. The number of nitrogens with one attached hydrogen (secondary N) is 3. The fourth-order valence-corrected chi connectivity index (χ4v) is 4.24. The van der Waals surface area contributed by atoms with E-state index in [-0.39, 0.29) is 16.8 Å². The van der Waals surface area contributed by atoms with Crippen molar-refractivity contribution < 1.29 is 13.2 Å². The Morgan fingerprint density at radius 3 is 2.48 bits per heavy atom. The molecule has 1 aliphatic rings. The standard InChI is InChI=1S/C20H25N3O3S/c1-14-5-3-4-6-18(14)23-27(25,26)17-9-7-16(8-10-17)20(24)22-19-13-21-12-11-15(19)2/h3-10,15,19,21,23H,11-13H2,1-2H3,(H,22,24). The van der Waals surface area contributed by atoms with Crippen molar-refractivity contribution >= 4 is 21.6 Å². The van der Waals surface area contributed by atoms with Gasteiger partial charge in [0.25, 0.3) is 15.9 Å². The average molecular weight is 388 g/mol. The number of carbonyl (C=O) groups excluding carboxylic acids is 1. The topological polar surface area (TPSA) is 87.3 Å². The zero-order chi connectivity index (χ0) is 19.4. The second-order valence-corrected chi connectivity index (χ2v) is 8.68. The Balaban J connectivity index is 1.70. The summed E-state index contributed by atoms with van der Waals surface area (Å²) in [6, 6.07) is 13.3. The Labute approximate surface area is 160 Å². The molecule has 0 aliphatic carbocycles. The van der Waals surface area contributed by atoms with E-state index in [4.69, 9.17) is 0 Å². The summed E-state index contributed by atoms with van der Waals surface area (Å²) < 4.78 is 27.7. The number of hydrogen-bond acceptors (Lipinski definition) is 4. The molecule has 144 valence electrons. The Kier molecular flexibility index (Phi) is 5.82.